The van der Waals surface area contributed by atoms with Gasteiger partial charge in [0.15, 0.2) is 0 Å². The minimum atomic E-state index is -0.686. The molecule has 166 valence electrons. The second-order valence-electron chi connectivity index (χ2n) is 7.26. The summed E-state index contributed by atoms with van der Waals surface area (Å²) in [5.41, 5.74) is 1.57. The van der Waals surface area contributed by atoms with E-state index in [0.29, 0.717) is 22.7 Å². The number of benzene rings is 3. The first-order chi connectivity index (χ1) is 15.9. The lowest BCUT2D eigenvalue weighted by Gasteiger charge is -2.16. The molecule has 0 bridgehead atoms. The second-order valence-corrected chi connectivity index (χ2v) is 7.26. The molecule has 33 heavy (non-hydrogen) atoms. The number of anilines is 3. The number of carbonyl (C=O) groups excluding carboxylic acids is 3. The molecule has 7 nitrogen and oxygen atoms in total. The number of halogens is 1. The van der Waals surface area contributed by atoms with Crippen molar-refractivity contribution in [2.45, 2.75) is 6.92 Å². The summed E-state index contributed by atoms with van der Waals surface area (Å²) in [7, 11) is 1.52. The van der Waals surface area contributed by atoms with E-state index in [1.807, 2.05) is 0 Å². The standard InChI is InChI=1S/C25H20FN3O4/c1-15(30)27-17-9-11-18(12-10-17)28-23-22(16-7-13-19(33-2)14-8-16)24(31)29(25(23)32)21-6-4-3-5-20(21)26/h3-14,28H,1-2H3,(H,27,30). The highest BCUT2D eigenvalue weighted by Crippen LogP contribution is 2.35. The Bertz CT molecular complexity index is 1270. The molecular weight excluding hydrogens is 425 g/mol. The normalized spacial score (nSPS) is 13.4. The maximum absolute atomic E-state index is 14.5. The molecule has 0 aromatic heterocycles. The fourth-order valence-corrected chi connectivity index (χ4v) is 3.51. The lowest BCUT2D eigenvalue weighted by Crippen LogP contribution is -2.33. The van der Waals surface area contributed by atoms with E-state index >= 15 is 0 Å². The highest BCUT2D eigenvalue weighted by atomic mass is 19.1. The number of nitrogens with one attached hydrogen (secondary N) is 2. The van der Waals surface area contributed by atoms with Crippen LogP contribution in [0.2, 0.25) is 0 Å². The Labute approximate surface area is 189 Å². The Morgan fingerprint density at radius 3 is 2.12 bits per heavy atom. The van der Waals surface area contributed by atoms with Crippen LogP contribution >= 0.6 is 0 Å². The predicted octanol–water partition coefficient (Wildman–Crippen LogP) is 4.19. The van der Waals surface area contributed by atoms with Crippen LogP contribution in [-0.2, 0) is 14.4 Å². The average Bonchev–Trinajstić information content (AvgIpc) is 3.04. The van der Waals surface area contributed by atoms with Crippen molar-refractivity contribution in [2.24, 2.45) is 0 Å². The summed E-state index contributed by atoms with van der Waals surface area (Å²) in [5, 5.41) is 5.66. The Balaban J connectivity index is 1.76. The van der Waals surface area contributed by atoms with Crippen LogP contribution in [0.5, 0.6) is 5.75 Å². The molecule has 0 saturated heterocycles. The molecule has 3 aromatic carbocycles. The first-order valence-corrected chi connectivity index (χ1v) is 10.1. The van der Waals surface area contributed by atoms with Gasteiger partial charge in [-0.25, -0.2) is 9.29 Å². The lowest BCUT2D eigenvalue weighted by molar-refractivity contribution is -0.120. The molecule has 0 spiro atoms. The minimum Gasteiger partial charge on any atom is -0.497 e. The largest absolute Gasteiger partial charge is 0.497 e. The van der Waals surface area contributed by atoms with Crippen LogP contribution in [0.1, 0.15) is 12.5 Å². The molecule has 1 heterocycles. The number of nitrogens with zero attached hydrogens (tertiary/aromatic N) is 1. The predicted molar refractivity (Wildman–Crippen MR) is 123 cm³/mol. The molecule has 4 rings (SSSR count). The zero-order chi connectivity index (χ0) is 23.5. The molecule has 1 aliphatic heterocycles. The van der Waals surface area contributed by atoms with E-state index in [9.17, 15) is 18.8 Å². The second kappa shape index (κ2) is 8.96. The van der Waals surface area contributed by atoms with Gasteiger partial charge < -0.3 is 15.4 Å². The third-order valence-electron chi connectivity index (χ3n) is 5.03. The zero-order valence-electron chi connectivity index (χ0n) is 17.9. The van der Waals surface area contributed by atoms with Gasteiger partial charge in [-0.2, -0.15) is 0 Å². The zero-order valence-corrected chi connectivity index (χ0v) is 17.9. The first kappa shape index (κ1) is 21.8. The van der Waals surface area contributed by atoms with E-state index in [-0.39, 0.29) is 22.9 Å². The summed E-state index contributed by atoms with van der Waals surface area (Å²) in [6.45, 7) is 1.40. The van der Waals surface area contributed by atoms with Crippen molar-refractivity contribution in [3.63, 3.8) is 0 Å². The Hall–Kier alpha value is -4.46. The average molecular weight is 445 g/mol. The maximum Gasteiger partial charge on any atom is 0.282 e. The van der Waals surface area contributed by atoms with E-state index in [1.165, 1.54) is 32.2 Å². The molecular formula is C25H20FN3O4. The number of amides is 3. The number of hydrogen-bond acceptors (Lipinski definition) is 5. The van der Waals surface area contributed by atoms with Crippen molar-refractivity contribution in [3.05, 3.63) is 89.9 Å². The Kier molecular flexibility index (Phi) is 5.91. The van der Waals surface area contributed by atoms with Crippen LogP contribution in [0.4, 0.5) is 21.5 Å². The highest BCUT2D eigenvalue weighted by Gasteiger charge is 2.41. The van der Waals surface area contributed by atoms with Crippen molar-refractivity contribution in [3.8, 4) is 5.75 Å². The van der Waals surface area contributed by atoms with Gasteiger partial charge >= 0.3 is 0 Å². The molecule has 2 N–H and O–H groups in total. The van der Waals surface area contributed by atoms with Crippen molar-refractivity contribution >= 4 is 40.4 Å². The van der Waals surface area contributed by atoms with E-state index in [0.717, 1.165) is 4.90 Å². The van der Waals surface area contributed by atoms with Crippen molar-refractivity contribution in [1.29, 1.82) is 0 Å². The number of ether oxygens (including phenoxy) is 1. The molecule has 0 fully saturated rings. The van der Waals surface area contributed by atoms with Gasteiger partial charge in [0.05, 0.1) is 18.4 Å². The minimum absolute atomic E-state index is 0.0145. The number of imide groups is 1. The van der Waals surface area contributed by atoms with Gasteiger partial charge in [-0.15, -0.1) is 0 Å². The van der Waals surface area contributed by atoms with Crippen LogP contribution in [0.15, 0.2) is 78.5 Å². The molecule has 0 atom stereocenters. The maximum atomic E-state index is 14.5. The lowest BCUT2D eigenvalue weighted by atomic mass is 10.0. The van der Waals surface area contributed by atoms with E-state index in [2.05, 4.69) is 10.6 Å². The Morgan fingerprint density at radius 1 is 0.879 bits per heavy atom. The number of carbonyl (C=O) groups is 3. The van der Waals surface area contributed by atoms with Gasteiger partial charge in [0.25, 0.3) is 11.8 Å². The van der Waals surface area contributed by atoms with Crippen molar-refractivity contribution in [2.75, 3.05) is 22.6 Å². The molecule has 1 aliphatic rings. The van der Waals surface area contributed by atoms with Gasteiger partial charge in [0, 0.05) is 18.3 Å². The smallest absolute Gasteiger partial charge is 0.282 e. The van der Waals surface area contributed by atoms with Gasteiger partial charge in [0.2, 0.25) is 5.91 Å². The van der Waals surface area contributed by atoms with Crippen molar-refractivity contribution in [1.82, 2.24) is 0 Å². The molecule has 3 amide bonds. The molecule has 3 aromatic rings. The molecule has 0 aliphatic carbocycles. The molecule has 0 unspecified atom stereocenters. The summed E-state index contributed by atoms with van der Waals surface area (Å²) in [6.07, 6.45) is 0. The summed E-state index contributed by atoms with van der Waals surface area (Å²) in [5.74, 6) is -1.63. The number of hydrogen-bond donors (Lipinski definition) is 2. The number of para-hydroxylation sites is 1. The van der Waals surface area contributed by atoms with Crippen molar-refractivity contribution < 1.29 is 23.5 Å². The molecule has 0 saturated carbocycles. The van der Waals surface area contributed by atoms with Crippen LogP contribution in [0, 0.1) is 5.82 Å². The van der Waals surface area contributed by atoms with Gasteiger partial charge in [-0.3, -0.25) is 14.4 Å². The number of rotatable bonds is 6. The Morgan fingerprint density at radius 2 is 1.52 bits per heavy atom. The molecule has 8 heteroatoms. The van der Waals surface area contributed by atoms with Gasteiger partial charge in [-0.1, -0.05) is 24.3 Å². The van der Waals surface area contributed by atoms with Crippen LogP contribution < -0.4 is 20.3 Å². The van der Waals surface area contributed by atoms with Gasteiger partial charge in [-0.05, 0) is 54.1 Å². The summed E-state index contributed by atoms with van der Waals surface area (Å²) in [4.78, 5) is 38.8. The highest BCUT2D eigenvalue weighted by molar-refractivity contribution is 6.46. The van der Waals surface area contributed by atoms with E-state index in [1.54, 1.807) is 54.6 Å². The summed E-state index contributed by atoms with van der Waals surface area (Å²) < 4.78 is 19.7. The number of methoxy groups -OCH3 is 1. The monoisotopic (exact) mass is 445 g/mol. The summed E-state index contributed by atoms with van der Waals surface area (Å²) in [6, 6.07) is 18.9. The quantitative estimate of drug-likeness (QED) is 0.556. The topological polar surface area (TPSA) is 87.7 Å². The van der Waals surface area contributed by atoms with Gasteiger partial charge in [0.1, 0.15) is 17.3 Å². The van der Waals surface area contributed by atoms with Crippen LogP contribution in [0.3, 0.4) is 0 Å². The van der Waals surface area contributed by atoms with Crippen LogP contribution in [-0.4, -0.2) is 24.8 Å². The third kappa shape index (κ3) is 4.31. The fraction of sp³-hybridized carbons (Fsp3) is 0.0800. The van der Waals surface area contributed by atoms with Crippen LogP contribution in [0.25, 0.3) is 5.57 Å². The molecule has 0 radical (unpaired) electrons. The third-order valence-corrected chi connectivity index (χ3v) is 5.03. The summed E-state index contributed by atoms with van der Waals surface area (Å²) >= 11 is 0. The fourth-order valence-electron chi connectivity index (χ4n) is 3.51. The first-order valence-electron chi connectivity index (χ1n) is 10.1. The SMILES string of the molecule is COc1ccc(C2=C(Nc3ccc(NC(C)=O)cc3)C(=O)N(c3ccccc3F)C2=O)cc1. The van der Waals surface area contributed by atoms with E-state index < -0.39 is 17.6 Å². The van der Waals surface area contributed by atoms with E-state index in [4.69, 9.17) is 4.74 Å².